The summed E-state index contributed by atoms with van der Waals surface area (Å²) in [5, 5.41) is 10.8. The maximum absolute atomic E-state index is 12.6. The standard InChI is InChI=1S/C19H18Cl2N2O3/c1-12-2-3-17(24)16(8-12)19(26)23-6-4-22(5-7-23)18(25)13-9-14(20)11-15(21)10-13/h2-3,8-11,24H,4-7H2,1H3. The molecule has 1 aliphatic heterocycles. The molecule has 1 heterocycles. The number of halogens is 2. The number of carbonyl (C=O) groups excluding carboxylic acids is 2. The van der Waals surface area contributed by atoms with Gasteiger partial charge in [0.1, 0.15) is 5.75 Å². The predicted molar refractivity (Wildman–Crippen MR) is 101 cm³/mol. The summed E-state index contributed by atoms with van der Waals surface area (Å²) in [6.07, 6.45) is 0. The zero-order valence-corrected chi connectivity index (χ0v) is 15.7. The molecule has 2 aromatic carbocycles. The Morgan fingerprint density at radius 2 is 1.42 bits per heavy atom. The van der Waals surface area contributed by atoms with Gasteiger partial charge >= 0.3 is 0 Å². The van der Waals surface area contributed by atoms with Gasteiger partial charge in [-0.2, -0.15) is 0 Å². The first-order chi connectivity index (χ1) is 12.3. The van der Waals surface area contributed by atoms with E-state index >= 15 is 0 Å². The average Bonchev–Trinajstić information content (AvgIpc) is 2.62. The van der Waals surface area contributed by atoms with E-state index in [-0.39, 0.29) is 23.1 Å². The zero-order chi connectivity index (χ0) is 18.8. The summed E-state index contributed by atoms with van der Waals surface area (Å²) in [6, 6.07) is 9.67. The van der Waals surface area contributed by atoms with Crippen molar-refractivity contribution in [2.75, 3.05) is 26.2 Å². The molecule has 2 amide bonds. The first kappa shape index (κ1) is 18.5. The number of rotatable bonds is 2. The molecular formula is C19H18Cl2N2O3. The van der Waals surface area contributed by atoms with Gasteiger partial charge in [0.05, 0.1) is 5.56 Å². The van der Waals surface area contributed by atoms with Crippen LogP contribution in [0.15, 0.2) is 36.4 Å². The first-order valence-electron chi connectivity index (χ1n) is 8.19. The lowest BCUT2D eigenvalue weighted by Crippen LogP contribution is -2.50. The third-order valence-electron chi connectivity index (χ3n) is 4.35. The number of phenols is 1. The van der Waals surface area contributed by atoms with E-state index in [0.717, 1.165) is 5.56 Å². The minimum atomic E-state index is -0.232. The van der Waals surface area contributed by atoms with Gasteiger partial charge < -0.3 is 14.9 Å². The lowest BCUT2D eigenvalue weighted by atomic mass is 10.1. The van der Waals surface area contributed by atoms with Crippen molar-refractivity contribution in [1.29, 1.82) is 0 Å². The fraction of sp³-hybridized carbons (Fsp3) is 0.263. The molecule has 0 aromatic heterocycles. The number of amides is 2. The molecule has 0 bridgehead atoms. The van der Waals surface area contributed by atoms with Crippen LogP contribution < -0.4 is 0 Å². The highest BCUT2D eigenvalue weighted by Crippen LogP contribution is 2.23. The van der Waals surface area contributed by atoms with Crippen LogP contribution in [0.3, 0.4) is 0 Å². The summed E-state index contributed by atoms with van der Waals surface area (Å²) < 4.78 is 0. The number of carbonyl (C=O) groups is 2. The van der Waals surface area contributed by atoms with E-state index in [1.807, 2.05) is 6.92 Å². The fourth-order valence-electron chi connectivity index (χ4n) is 2.96. The summed E-state index contributed by atoms with van der Waals surface area (Å²) in [6.45, 7) is 3.46. The number of nitrogens with zero attached hydrogens (tertiary/aromatic N) is 2. The second-order valence-electron chi connectivity index (χ2n) is 6.26. The molecule has 26 heavy (non-hydrogen) atoms. The van der Waals surface area contributed by atoms with Crippen molar-refractivity contribution < 1.29 is 14.7 Å². The third-order valence-corrected chi connectivity index (χ3v) is 4.78. The summed E-state index contributed by atoms with van der Waals surface area (Å²) in [5.74, 6) is -0.434. The molecule has 1 saturated heterocycles. The van der Waals surface area contributed by atoms with Crippen molar-refractivity contribution in [1.82, 2.24) is 9.80 Å². The van der Waals surface area contributed by atoms with Crippen LogP contribution >= 0.6 is 23.2 Å². The van der Waals surface area contributed by atoms with Crippen molar-refractivity contribution in [3.8, 4) is 5.75 Å². The van der Waals surface area contributed by atoms with Gasteiger partial charge in [-0.05, 0) is 37.3 Å². The van der Waals surface area contributed by atoms with E-state index < -0.39 is 0 Å². The van der Waals surface area contributed by atoms with Gasteiger partial charge in [0.2, 0.25) is 0 Å². The minimum Gasteiger partial charge on any atom is -0.507 e. The second kappa shape index (κ2) is 7.56. The SMILES string of the molecule is Cc1ccc(O)c(C(=O)N2CCN(C(=O)c3cc(Cl)cc(Cl)c3)CC2)c1. The number of hydrogen-bond donors (Lipinski definition) is 1. The van der Waals surface area contributed by atoms with Crippen molar-refractivity contribution in [2.45, 2.75) is 6.92 Å². The van der Waals surface area contributed by atoms with Crippen LogP contribution in [0, 0.1) is 6.92 Å². The number of hydrogen-bond acceptors (Lipinski definition) is 3. The normalized spacial score (nSPS) is 14.4. The van der Waals surface area contributed by atoms with Gasteiger partial charge in [0.25, 0.3) is 11.8 Å². The maximum atomic E-state index is 12.6. The van der Waals surface area contributed by atoms with Gasteiger partial charge in [-0.15, -0.1) is 0 Å². The molecule has 7 heteroatoms. The molecule has 2 aromatic rings. The van der Waals surface area contributed by atoms with Crippen LogP contribution in [0.1, 0.15) is 26.3 Å². The Labute approximate surface area is 161 Å². The van der Waals surface area contributed by atoms with E-state index in [2.05, 4.69) is 0 Å². The molecule has 5 nitrogen and oxygen atoms in total. The Bertz CT molecular complexity index is 842. The first-order valence-corrected chi connectivity index (χ1v) is 8.95. The van der Waals surface area contributed by atoms with Crippen LogP contribution in [0.2, 0.25) is 10.0 Å². The molecule has 0 radical (unpaired) electrons. The van der Waals surface area contributed by atoms with E-state index in [4.69, 9.17) is 23.2 Å². The number of piperazine rings is 1. The van der Waals surface area contributed by atoms with E-state index in [9.17, 15) is 14.7 Å². The molecule has 0 saturated carbocycles. The summed E-state index contributed by atoms with van der Waals surface area (Å²) in [7, 11) is 0. The van der Waals surface area contributed by atoms with E-state index in [1.54, 1.807) is 40.1 Å². The maximum Gasteiger partial charge on any atom is 0.257 e. The van der Waals surface area contributed by atoms with E-state index in [1.165, 1.54) is 6.07 Å². The molecular weight excluding hydrogens is 375 g/mol. The second-order valence-corrected chi connectivity index (χ2v) is 7.14. The smallest absolute Gasteiger partial charge is 0.257 e. The summed E-state index contributed by atoms with van der Waals surface area (Å²) >= 11 is 11.9. The highest BCUT2D eigenvalue weighted by atomic mass is 35.5. The quantitative estimate of drug-likeness (QED) is 0.848. The Kier molecular flexibility index (Phi) is 5.39. The van der Waals surface area contributed by atoms with E-state index in [0.29, 0.717) is 41.8 Å². The Morgan fingerprint density at radius 1 is 0.885 bits per heavy atom. The lowest BCUT2D eigenvalue weighted by Gasteiger charge is -2.35. The largest absolute Gasteiger partial charge is 0.507 e. The van der Waals surface area contributed by atoms with Crippen LogP contribution in [-0.2, 0) is 0 Å². The zero-order valence-electron chi connectivity index (χ0n) is 14.2. The molecule has 1 fully saturated rings. The number of aryl methyl sites for hydroxylation is 1. The molecule has 136 valence electrons. The lowest BCUT2D eigenvalue weighted by molar-refractivity contribution is 0.0533. The third kappa shape index (κ3) is 3.94. The molecule has 3 rings (SSSR count). The molecule has 1 N–H and O–H groups in total. The molecule has 0 unspecified atom stereocenters. The molecule has 0 aliphatic carbocycles. The number of phenolic OH excluding ortho intramolecular Hbond substituents is 1. The highest BCUT2D eigenvalue weighted by molar-refractivity contribution is 6.35. The van der Waals surface area contributed by atoms with Crippen molar-refractivity contribution >= 4 is 35.0 Å². The summed E-state index contributed by atoms with van der Waals surface area (Å²) in [4.78, 5) is 28.6. The van der Waals surface area contributed by atoms with Crippen molar-refractivity contribution in [2.24, 2.45) is 0 Å². The highest BCUT2D eigenvalue weighted by Gasteiger charge is 2.27. The van der Waals surface area contributed by atoms with Gasteiger partial charge in [0, 0.05) is 41.8 Å². The average molecular weight is 393 g/mol. The summed E-state index contributed by atoms with van der Waals surface area (Å²) in [5.41, 5.74) is 1.61. The predicted octanol–water partition coefficient (Wildman–Crippen LogP) is 3.61. The van der Waals surface area contributed by atoms with Crippen molar-refractivity contribution in [3.63, 3.8) is 0 Å². The fourth-order valence-corrected chi connectivity index (χ4v) is 3.49. The van der Waals surface area contributed by atoms with Crippen LogP contribution in [0.5, 0.6) is 5.75 Å². The Balaban J connectivity index is 1.68. The Hall–Kier alpha value is -2.24. The minimum absolute atomic E-state index is 0.0346. The monoisotopic (exact) mass is 392 g/mol. The van der Waals surface area contributed by atoms with Crippen molar-refractivity contribution in [3.05, 3.63) is 63.1 Å². The van der Waals surface area contributed by atoms with Crippen LogP contribution in [-0.4, -0.2) is 52.9 Å². The molecule has 0 spiro atoms. The Morgan fingerprint density at radius 3 is 2.00 bits per heavy atom. The van der Waals surface area contributed by atoms with Gasteiger partial charge in [0.15, 0.2) is 0 Å². The number of aromatic hydroxyl groups is 1. The van der Waals surface area contributed by atoms with Crippen LogP contribution in [0.25, 0.3) is 0 Å². The van der Waals surface area contributed by atoms with Gasteiger partial charge in [-0.1, -0.05) is 34.8 Å². The topological polar surface area (TPSA) is 60.9 Å². The molecule has 1 aliphatic rings. The van der Waals surface area contributed by atoms with Crippen LogP contribution in [0.4, 0.5) is 0 Å². The molecule has 0 atom stereocenters. The number of benzene rings is 2. The van der Waals surface area contributed by atoms with Gasteiger partial charge in [-0.3, -0.25) is 9.59 Å². The van der Waals surface area contributed by atoms with Gasteiger partial charge in [-0.25, -0.2) is 0 Å².